The van der Waals surface area contributed by atoms with E-state index >= 15 is 0 Å². The highest BCUT2D eigenvalue weighted by atomic mass is 16.5. The monoisotopic (exact) mass is 204 g/mol. The van der Waals surface area contributed by atoms with Gasteiger partial charge in [0.1, 0.15) is 5.75 Å². The van der Waals surface area contributed by atoms with Gasteiger partial charge in [-0.15, -0.1) is 12.3 Å². The number of benzene rings is 1. The standard InChI is InChI=1S/C13H16O2/c1-3-4-7-12(14)9-11-6-5-8-13(10-11)15-2/h1,5-6,8,10,12,14H,4,7,9H2,2H3. The maximum atomic E-state index is 9.66. The van der Waals surface area contributed by atoms with Crippen molar-refractivity contribution in [1.29, 1.82) is 0 Å². The highest BCUT2D eigenvalue weighted by Crippen LogP contribution is 2.15. The summed E-state index contributed by atoms with van der Waals surface area (Å²) in [6, 6.07) is 7.71. The highest BCUT2D eigenvalue weighted by molar-refractivity contribution is 5.28. The van der Waals surface area contributed by atoms with Gasteiger partial charge in [0.15, 0.2) is 0 Å². The lowest BCUT2D eigenvalue weighted by molar-refractivity contribution is 0.166. The van der Waals surface area contributed by atoms with E-state index in [0.717, 1.165) is 11.3 Å². The van der Waals surface area contributed by atoms with Crippen molar-refractivity contribution >= 4 is 0 Å². The Kier molecular flexibility index (Phi) is 4.73. The third-order valence-electron chi connectivity index (χ3n) is 2.23. The highest BCUT2D eigenvalue weighted by Gasteiger charge is 2.05. The third-order valence-corrected chi connectivity index (χ3v) is 2.23. The summed E-state index contributed by atoms with van der Waals surface area (Å²) in [4.78, 5) is 0. The number of ether oxygens (including phenoxy) is 1. The van der Waals surface area contributed by atoms with Crippen molar-refractivity contribution < 1.29 is 9.84 Å². The quantitative estimate of drug-likeness (QED) is 0.743. The van der Waals surface area contributed by atoms with Gasteiger partial charge in [0.05, 0.1) is 13.2 Å². The van der Waals surface area contributed by atoms with E-state index in [4.69, 9.17) is 11.2 Å². The molecule has 1 aromatic rings. The van der Waals surface area contributed by atoms with Crippen molar-refractivity contribution in [2.75, 3.05) is 7.11 Å². The molecule has 0 saturated carbocycles. The molecule has 0 fully saturated rings. The molecule has 0 aliphatic heterocycles. The molecular weight excluding hydrogens is 188 g/mol. The predicted octanol–water partition coefficient (Wildman–Crippen LogP) is 2.01. The zero-order valence-corrected chi connectivity index (χ0v) is 8.94. The number of aliphatic hydroxyl groups is 1. The molecule has 1 unspecified atom stereocenters. The van der Waals surface area contributed by atoms with E-state index in [1.807, 2.05) is 24.3 Å². The normalized spacial score (nSPS) is 11.8. The minimum Gasteiger partial charge on any atom is -0.497 e. The van der Waals surface area contributed by atoms with Crippen molar-refractivity contribution in [1.82, 2.24) is 0 Å². The molecule has 0 saturated heterocycles. The summed E-state index contributed by atoms with van der Waals surface area (Å²) in [6.07, 6.45) is 6.65. The Morgan fingerprint density at radius 1 is 1.53 bits per heavy atom. The summed E-state index contributed by atoms with van der Waals surface area (Å²) in [5.41, 5.74) is 1.07. The molecule has 0 aliphatic rings. The minimum atomic E-state index is -0.367. The Bertz CT molecular complexity index is 339. The first-order chi connectivity index (χ1) is 7.26. The molecule has 80 valence electrons. The van der Waals surface area contributed by atoms with Gasteiger partial charge >= 0.3 is 0 Å². The Morgan fingerprint density at radius 2 is 2.33 bits per heavy atom. The predicted molar refractivity (Wildman–Crippen MR) is 60.8 cm³/mol. The molecule has 1 atom stereocenters. The molecule has 1 aromatic carbocycles. The fourth-order valence-electron chi connectivity index (χ4n) is 1.42. The Hall–Kier alpha value is -1.46. The summed E-state index contributed by atoms with van der Waals surface area (Å²) in [5, 5.41) is 9.66. The lowest BCUT2D eigenvalue weighted by Gasteiger charge is -2.09. The largest absolute Gasteiger partial charge is 0.497 e. The maximum Gasteiger partial charge on any atom is 0.119 e. The van der Waals surface area contributed by atoms with Gasteiger partial charge < -0.3 is 9.84 Å². The van der Waals surface area contributed by atoms with Crippen LogP contribution in [0.25, 0.3) is 0 Å². The van der Waals surface area contributed by atoms with Crippen LogP contribution in [0.5, 0.6) is 5.75 Å². The number of hydrogen-bond acceptors (Lipinski definition) is 2. The first-order valence-electron chi connectivity index (χ1n) is 5.00. The Morgan fingerprint density at radius 3 is 3.00 bits per heavy atom. The zero-order chi connectivity index (χ0) is 11.1. The molecule has 0 bridgehead atoms. The van der Waals surface area contributed by atoms with Crippen LogP contribution in [0.1, 0.15) is 18.4 Å². The average Bonchev–Trinajstić information content (AvgIpc) is 2.26. The Labute approximate surface area is 90.9 Å². The maximum absolute atomic E-state index is 9.66. The lowest BCUT2D eigenvalue weighted by Crippen LogP contribution is -2.09. The second-order valence-corrected chi connectivity index (χ2v) is 3.45. The molecular formula is C13H16O2. The molecule has 0 aromatic heterocycles. The summed E-state index contributed by atoms with van der Waals surface area (Å²) in [7, 11) is 1.63. The van der Waals surface area contributed by atoms with Gasteiger partial charge in [0.25, 0.3) is 0 Å². The van der Waals surface area contributed by atoms with E-state index in [2.05, 4.69) is 5.92 Å². The third kappa shape index (κ3) is 4.05. The molecule has 15 heavy (non-hydrogen) atoms. The van der Waals surface area contributed by atoms with E-state index in [1.165, 1.54) is 0 Å². The van der Waals surface area contributed by atoms with Crippen LogP contribution in [0.2, 0.25) is 0 Å². The van der Waals surface area contributed by atoms with Crippen LogP contribution in [-0.4, -0.2) is 18.3 Å². The summed E-state index contributed by atoms with van der Waals surface area (Å²) in [5.74, 6) is 3.34. The van der Waals surface area contributed by atoms with E-state index in [9.17, 15) is 5.11 Å². The number of methoxy groups -OCH3 is 1. The van der Waals surface area contributed by atoms with E-state index in [-0.39, 0.29) is 6.10 Å². The van der Waals surface area contributed by atoms with Crippen molar-refractivity contribution in [2.24, 2.45) is 0 Å². The van der Waals surface area contributed by atoms with Crippen LogP contribution < -0.4 is 4.74 Å². The molecule has 0 aliphatic carbocycles. The number of terminal acetylenes is 1. The van der Waals surface area contributed by atoms with Crippen LogP contribution in [-0.2, 0) is 6.42 Å². The second-order valence-electron chi connectivity index (χ2n) is 3.45. The first kappa shape index (κ1) is 11.6. The molecule has 0 spiro atoms. The van der Waals surface area contributed by atoms with Gasteiger partial charge in [-0.2, -0.15) is 0 Å². The molecule has 2 heteroatoms. The number of rotatable bonds is 5. The lowest BCUT2D eigenvalue weighted by atomic mass is 10.0. The van der Waals surface area contributed by atoms with Gasteiger partial charge in [-0.25, -0.2) is 0 Å². The van der Waals surface area contributed by atoms with Crippen LogP contribution in [0.4, 0.5) is 0 Å². The second kappa shape index (κ2) is 6.10. The van der Waals surface area contributed by atoms with E-state index in [1.54, 1.807) is 7.11 Å². The van der Waals surface area contributed by atoms with Crippen molar-refractivity contribution in [3.8, 4) is 18.1 Å². The Balaban J connectivity index is 2.52. The molecule has 1 N–H and O–H groups in total. The average molecular weight is 204 g/mol. The fourth-order valence-corrected chi connectivity index (χ4v) is 1.42. The SMILES string of the molecule is C#CCCC(O)Cc1cccc(OC)c1. The summed E-state index contributed by atoms with van der Waals surface area (Å²) < 4.78 is 5.10. The molecule has 0 amide bonds. The molecule has 1 rings (SSSR count). The fraction of sp³-hybridized carbons (Fsp3) is 0.385. The van der Waals surface area contributed by atoms with Gasteiger partial charge in [-0.3, -0.25) is 0 Å². The van der Waals surface area contributed by atoms with Gasteiger partial charge in [-0.1, -0.05) is 12.1 Å². The van der Waals surface area contributed by atoms with Gasteiger partial charge in [0.2, 0.25) is 0 Å². The van der Waals surface area contributed by atoms with E-state index < -0.39 is 0 Å². The minimum absolute atomic E-state index is 0.367. The van der Waals surface area contributed by atoms with Crippen molar-refractivity contribution in [2.45, 2.75) is 25.4 Å². The van der Waals surface area contributed by atoms with Crippen molar-refractivity contribution in [3.63, 3.8) is 0 Å². The summed E-state index contributed by atoms with van der Waals surface area (Å²) >= 11 is 0. The van der Waals surface area contributed by atoms with Crippen LogP contribution in [0, 0.1) is 12.3 Å². The molecule has 2 nitrogen and oxygen atoms in total. The summed E-state index contributed by atoms with van der Waals surface area (Å²) in [6.45, 7) is 0. The van der Waals surface area contributed by atoms with Crippen LogP contribution >= 0.6 is 0 Å². The first-order valence-corrected chi connectivity index (χ1v) is 5.00. The van der Waals surface area contributed by atoms with E-state index in [0.29, 0.717) is 19.3 Å². The van der Waals surface area contributed by atoms with Crippen LogP contribution in [0.3, 0.4) is 0 Å². The topological polar surface area (TPSA) is 29.5 Å². The van der Waals surface area contributed by atoms with Crippen LogP contribution in [0.15, 0.2) is 24.3 Å². The number of hydrogen-bond donors (Lipinski definition) is 1. The smallest absolute Gasteiger partial charge is 0.119 e. The zero-order valence-electron chi connectivity index (χ0n) is 8.94. The molecule has 0 radical (unpaired) electrons. The number of aliphatic hydroxyl groups excluding tert-OH is 1. The van der Waals surface area contributed by atoms with Gasteiger partial charge in [0, 0.05) is 6.42 Å². The van der Waals surface area contributed by atoms with Crippen molar-refractivity contribution in [3.05, 3.63) is 29.8 Å². The molecule has 0 heterocycles. The van der Waals surface area contributed by atoms with Gasteiger partial charge in [-0.05, 0) is 30.5 Å².